The van der Waals surface area contributed by atoms with Crippen LogP contribution in [0.15, 0.2) is 22.8 Å². The smallest absolute Gasteiger partial charge is 0.233 e. The zero-order valence-corrected chi connectivity index (χ0v) is 9.80. The minimum absolute atomic E-state index is 0.188. The molecule has 0 radical (unpaired) electrons. The van der Waals surface area contributed by atoms with E-state index in [0.717, 1.165) is 24.2 Å². The monoisotopic (exact) mass is 247 g/mol. The van der Waals surface area contributed by atoms with Crippen LogP contribution in [-0.4, -0.2) is 29.0 Å². The summed E-state index contributed by atoms with van der Waals surface area (Å²) in [5.41, 5.74) is 0. The highest BCUT2D eigenvalue weighted by Crippen LogP contribution is 2.39. The molecule has 0 N–H and O–H groups in total. The quantitative estimate of drug-likeness (QED) is 0.595. The van der Waals surface area contributed by atoms with Crippen LogP contribution in [0.4, 0.5) is 0 Å². The van der Waals surface area contributed by atoms with Crippen LogP contribution < -0.4 is 0 Å². The molecule has 1 aromatic rings. The molecular weight excluding hydrogens is 234 g/mol. The molecule has 0 spiro atoms. The zero-order chi connectivity index (χ0) is 12.7. The molecule has 2 fully saturated rings. The van der Waals surface area contributed by atoms with Crippen LogP contribution >= 0.6 is 0 Å². The number of carbonyl (C=O) groups is 3. The van der Waals surface area contributed by atoms with E-state index >= 15 is 0 Å². The van der Waals surface area contributed by atoms with E-state index in [1.54, 1.807) is 6.07 Å². The molecule has 1 aliphatic carbocycles. The maximum absolute atomic E-state index is 12.0. The number of carbonyl (C=O) groups excluding carboxylic acids is 3. The van der Waals surface area contributed by atoms with E-state index in [4.69, 9.17) is 4.42 Å². The average molecular weight is 247 g/mol. The molecule has 2 heterocycles. The minimum atomic E-state index is -0.332. The number of fused-ring (bicyclic) bond motifs is 1. The molecule has 1 aromatic heterocycles. The predicted octanol–water partition coefficient (Wildman–Crippen LogP) is 1.25. The fourth-order valence-corrected chi connectivity index (χ4v) is 2.87. The molecule has 3 rings (SSSR count). The molecule has 5 heteroatoms. The van der Waals surface area contributed by atoms with Crippen LogP contribution in [0.5, 0.6) is 0 Å². The summed E-state index contributed by atoms with van der Waals surface area (Å²) in [5, 5.41) is 0. The Morgan fingerprint density at radius 3 is 2.50 bits per heavy atom. The third-order valence-corrected chi connectivity index (χ3v) is 3.78. The highest BCUT2D eigenvalue weighted by molar-refractivity contribution is 6.09. The highest BCUT2D eigenvalue weighted by Gasteiger charge is 2.50. The second-order valence-electron chi connectivity index (χ2n) is 4.81. The average Bonchev–Trinajstić information content (AvgIpc) is 3.05. The van der Waals surface area contributed by atoms with E-state index in [-0.39, 0.29) is 41.7 Å². The lowest BCUT2D eigenvalue weighted by Gasteiger charge is -2.13. The van der Waals surface area contributed by atoms with Crippen molar-refractivity contribution in [1.29, 1.82) is 0 Å². The number of hydrogen-bond donors (Lipinski definition) is 0. The Hall–Kier alpha value is -1.91. The highest BCUT2D eigenvalue weighted by atomic mass is 16.3. The maximum Gasteiger partial charge on any atom is 0.233 e. The molecular formula is C13H13NO4. The Balaban J connectivity index is 1.76. The summed E-state index contributed by atoms with van der Waals surface area (Å²) in [5.74, 6) is -0.914. The van der Waals surface area contributed by atoms with Crippen molar-refractivity contribution in [3.05, 3.63) is 24.2 Å². The maximum atomic E-state index is 12.0. The van der Waals surface area contributed by atoms with Gasteiger partial charge in [0.25, 0.3) is 0 Å². The van der Waals surface area contributed by atoms with Gasteiger partial charge in [-0.3, -0.25) is 19.3 Å². The van der Waals surface area contributed by atoms with Crippen LogP contribution in [0, 0.1) is 11.8 Å². The minimum Gasteiger partial charge on any atom is -0.461 e. The molecule has 1 saturated heterocycles. The van der Waals surface area contributed by atoms with Gasteiger partial charge in [-0.05, 0) is 25.0 Å². The molecule has 2 amide bonds. The van der Waals surface area contributed by atoms with Gasteiger partial charge in [0.2, 0.25) is 17.6 Å². The van der Waals surface area contributed by atoms with Crippen molar-refractivity contribution in [2.24, 2.45) is 11.8 Å². The lowest BCUT2D eigenvalue weighted by atomic mass is 10.00. The number of furan rings is 1. The van der Waals surface area contributed by atoms with Crippen molar-refractivity contribution in [2.75, 3.05) is 6.54 Å². The summed E-state index contributed by atoms with van der Waals surface area (Å²) >= 11 is 0. The van der Waals surface area contributed by atoms with Gasteiger partial charge in [-0.1, -0.05) is 6.42 Å². The molecule has 1 saturated carbocycles. The third kappa shape index (κ3) is 1.58. The molecule has 0 aromatic carbocycles. The van der Waals surface area contributed by atoms with Crippen LogP contribution in [0.2, 0.25) is 0 Å². The van der Waals surface area contributed by atoms with Crippen molar-refractivity contribution >= 4 is 17.6 Å². The standard InChI is InChI=1S/C13H13NO4/c15-10(11-5-2-6-18-11)7-14-12(16)8-3-1-4-9(8)13(14)17/h2,5-6,8-9H,1,3-4,7H2. The summed E-state index contributed by atoms with van der Waals surface area (Å²) in [6.07, 6.45) is 3.85. The number of hydrogen-bond acceptors (Lipinski definition) is 4. The van der Waals surface area contributed by atoms with Gasteiger partial charge in [0.05, 0.1) is 24.6 Å². The Labute approximate surface area is 104 Å². The first-order chi connectivity index (χ1) is 8.68. The van der Waals surface area contributed by atoms with E-state index in [0.29, 0.717) is 0 Å². The fourth-order valence-electron chi connectivity index (χ4n) is 2.87. The van der Waals surface area contributed by atoms with Crippen LogP contribution in [-0.2, 0) is 9.59 Å². The Kier molecular flexibility index (Phi) is 2.54. The lowest BCUT2D eigenvalue weighted by molar-refractivity contribution is -0.139. The second-order valence-corrected chi connectivity index (χ2v) is 4.81. The topological polar surface area (TPSA) is 67.6 Å². The number of nitrogens with zero attached hydrogens (tertiary/aromatic N) is 1. The number of imide groups is 1. The van der Waals surface area contributed by atoms with Gasteiger partial charge in [0.1, 0.15) is 0 Å². The van der Waals surface area contributed by atoms with Gasteiger partial charge in [0.15, 0.2) is 5.76 Å². The molecule has 2 unspecified atom stereocenters. The fraction of sp³-hybridized carbons (Fsp3) is 0.462. The van der Waals surface area contributed by atoms with E-state index in [2.05, 4.69) is 0 Å². The molecule has 2 aliphatic rings. The molecule has 1 aliphatic heterocycles. The summed E-state index contributed by atoms with van der Waals surface area (Å²) in [6.45, 7) is -0.196. The van der Waals surface area contributed by atoms with Crippen LogP contribution in [0.25, 0.3) is 0 Å². The normalized spacial score (nSPS) is 26.8. The van der Waals surface area contributed by atoms with Gasteiger partial charge >= 0.3 is 0 Å². The van der Waals surface area contributed by atoms with Gasteiger partial charge in [-0.15, -0.1) is 0 Å². The number of amides is 2. The largest absolute Gasteiger partial charge is 0.461 e. The van der Waals surface area contributed by atoms with Crippen molar-refractivity contribution in [3.8, 4) is 0 Å². The second kappa shape index (κ2) is 4.08. The van der Waals surface area contributed by atoms with E-state index in [1.165, 1.54) is 12.3 Å². The summed E-state index contributed by atoms with van der Waals surface area (Å²) in [6, 6.07) is 3.14. The number of ketones is 1. The summed E-state index contributed by atoms with van der Waals surface area (Å²) in [7, 11) is 0. The number of rotatable bonds is 3. The Bertz CT molecular complexity index is 483. The first-order valence-electron chi connectivity index (χ1n) is 6.10. The van der Waals surface area contributed by atoms with E-state index in [9.17, 15) is 14.4 Å². The first-order valence-corrected chi connectivity index (χ1v) is 6.10. The van der Waals surface area contributed by atoms with Gasteiger partial charge in [-0.25, -0.2) is 0 Å². The van der Waals surface area contributed by atoms with Crippen molar-refractivity contribution in [1.82, 2.24) is 4.90 Å². The molecule has 2 atom stereocenters. The molecule has 94 valence electrons. The molecule has 18 heavy (non-hydrogen) atoms. The molecule has 5 nitrogen and oxygen atoms in total. The van der Waals surface area contributed by atoms with Crippen molar-refractivity contribution < 1.29 is 18.8 Å². The van der Waals surface area contributed by atoms with Crippen LogP contribution in [0.3, 0.4) is 0 Å². The van der Waals surface area contributed by atoms with Gasteiger partial charge < -0.3 is 4.42 Å². The Morgan fingerprint density at radius 2 is 1.94 bits per heavy atom. The SMILES string of the molecule is O=C(CN1C(=O)C2CCCC2C1=O)c1ccco1. The van der Waals surface area contributed by atoms with Crippen molar-refractivity contribution in [3.63, 3.8) is 0 Å². The van der Waals surface area contributed by atoms with Crippen molar-refractivity contribution in [2.45, 2.75) is 19.3 Å². The Morgan fingerprint density at radius 1 is 1.28 bits per heavy atom. The molecule has 0 bridgehead atoms. The van der Waals surface area contributed by atoms with Gasteiger partial charge in [0, 0.05) is 0 Å². The third-order valence-electron chi connectivity index (χ3n) is 3.78. The first kappa shape index (κ1) is 11.2. The summed E-state index contributed by atoms with van der Waals surface area (Å²) in [4.78, 5) is 37.0. The van der Waals surface area contributed by atoms with Crippen LogP contribution in [0.1, 0.15) is 29.8 Å². The predicted molar refractivity (Wildman–Crippen MR) is 60.6 cm³/mol. The van der Waals surface area contributed by atoms with E-state index in [1.807, 2.05) is 0 Å². The number of Topliss-reactive ketones (excluding diaryl/α,β-unsaturated/α-hetero) is 1. The lowest BCUT2D eigenvalue weighted by Crippen LogP contribution is -2.36. The zero-order valence-electron chi connectivity index (χ0n) is 9.80. The summed E-state index contributed by atoms with van der Waals surface area (Å²) < 4.78 is 4.97. The van der Waals surface area contributed by atoms with Gasteiger partial charge in [-0.2, -0.15) is 0 Å². The van der Waals surface area contributed by atoms with E-state index < -0.39 is 0 Å². The number of likely N-dealkylation sites (tertiary alicyclic amines) is 1.